The van der Waals surface area contributed by atoms with Crippen molar-refractivity contribution < 1.29 is 13.9 Å². The molecule has 0 saturated carbocycles. The number of aromatic nitrogens is 2. The van der Waals surface area contributed by atoms with Gasteiger partial charge in [0.2, 0.25) is 5.82 Å². The Morgan fingerprint density at radius 3 is 2.81 bits per heavy atom. The van der Waals surface area contributed by atoms with Crippen molar-refractivity contribution >= 4 is 28.9 Å². The zero-order chi connectivity index (χ0) is 18.7. The Hall–Kier alpha value is -2.86. The maximum absolute atomic E-state index is 14.8. The van der Waals surface area contributed by atoms with Crippen LogP contribution in [0.4, 0.5) is 15.8 Å². The molecule has 3 aromatic rings. The van der Waals surface area contributed by atoms with Crippen molar-refractivity contribution in [2.24, 2.45) is 0 Å². The summed E-state index contributed by atoms with van der Waals surface area (Å²) in [6, 6.07) is 10.4. The first kappa shape index (κ1) is 17.9. The Morgan fingerprint density at radius 2 is 2.08 bits per heavy atom. The van der Waals surface area contributed by atoms with Crippen LogP contribution < -0.4 is 5.32 Å². The Morgan fingerprint density at radius 1 is 1.31 bits per heavy atom. The summed E-state index contributed by atoms with van der Waals surface area (Å²) in [5, 5.41) is 3.42. The second-order valence-electron chi connectivity index (χ2n) is 5.57. The van der Waals surface area contributed by atoms with Gasteiger partial charge in [-0.3, -0.25) is 4.57 Å². The molecule has 1 heterocycles. The van der Waals surface area contributed by atoms with Crippen LogP contribution in [0.15, 0.2) is 48.8 Å². The van der Waals surface area contributed by atoms with Gasteiger partial charge < -0.3 is 10.1 Å². The van der Waals surface area contributed by atoms with Crippen LogP contribution in [-0.4, -0.2) is 22.1 Å². The molecule has 5 nitrogen and oxygen atoms in total. The molecule has 0 atom stereocenters. The van der Waals surface area contributed by atoms with Crippen LogP contribution >= 0.6 is 11.6 Å². The minimum absolute atomic E-state index is 0.0130. The highest BCUT2D eigenvalue weighted by molar-refractivity contribution is 6.31. The second-order valence-corrected chi connectivity index (χ2v) is 6.00. The van der Waals surface area contributed by atoms with Crippen LogP contribution in [0.5, 0.6) is 0 Å². The smallest absolute Gasteiger partial charge is 0.374 e. The van der Waals surface area contributed by atoms with E-state index in [0.29, 0.717) is 5.69 Å². The molecule has 1 N–H and O–H groups in total. The minimum atomic E-state index is -0.631. The van der Waals surface area contributed by atoms with Gasteiger partial charge >= 0.3 is 5.97 Å². The predicted octanol–water partition coefficient (Wildman–Crippen LogP) is 4.89. The molecule has 1 aromatic heterocycles. The zero-order valence-electron chi connectivity index (χ0n) is 14.3. The molecule has 0 aliphatic rings. The molecule has 2 aromatic carbocycles. The number of para-hydroxylation sites is 1. The molecule has 26 heavy (non-hydrogen) atoms. The zero-order valence-corrected chi connectivity index (χ0v) is 15.0. The van der Waals surface area contributed by atoms with Gasteiger partial charge in [-0.15, -0.1) is 0 Å². The Labute approximate surface area is 155 Å². The third-order valence-electron chi connectivity index (χ3n) is 3.78. The number of benzene rings is 2. The quantitative estimate of drug-likeness (QED) is 0.647. The lowest BCUT2D eigenvalue weighted by Gasteiger charge is -2.17. The van der Waals surface area contributed by atoms with Crippen molar-refractivity contribution in [1.82, 2.24) is 9.55 Å². The van der Waals surface area contributed by atoms with Gasteiger partial charge in [0.05, 0.1) is 12.3 Å². The minimum Gasteiger partial charge on any atom is -0.460 e. The number of nitrogens with one attached hydrogen (secondary N) is 1. The van der Waals surface area contributed by atoms with Gasteiger partial charge in [0.25, 0.3) is 0 Å². The van der Waals surface area contributed by atoms with Crippen molar-refractivity contribution in [3.8, 4) is 5.69 Å². The van der Waals surface area contributed by atoms with Gasteiger partial charge in [0.1, 0.15) is 5.69 Å². The number of rotatable bonds is 5. The second kappa shape index (κ2) is 7.58. The molecule has 0 radical (unpaired) electrons. The highest BCUT2D eigenvalue weighted by Gasteiger charge is 2.21. The lowest BCUT2D eigenvalue weighted by Crippen LogP contribution is -2.14. The number of aryl methyl sites for hydroxylation is 1. The molecule has 0 fully saturated rings. The van der Waals surface area contributed by atoms with Crippen molar-refractivity contribution in [3.63, 3.8) is 0 Å². The van der Waals surface area contributed by atoms with E-state index in [-0.39, 0.29) is 23.1 Å². The summed E-state index contributed by atoms with van der Waals surface area (Å²) >= 11 is 6.05. The number of carbonyl (C=O) groups excluding carboxylic acids is 1. The van der Waals surface area contributed by atoms with Gasteiger partial charge in [-0.05, 0) is 37.6 Å². The first-order valence-corrected chi connectivity index (χ1v) is 8.41. The van der Waals surface area contributed by atoms with E-state index in [0.717, 1.165) is 11.3 Å². The number of esters is 1. The molecule has 134 valence electrons. The van der Waals surface area contributed by atoms with E-state index < -0.39 is 11.8 Å². The fourth-order valence-electron chi connectivity index (χ4n) is 2.59. The van der Waals surface area contributed by atoms with Crippen molar-refractivity contribution in [1.29, 1.82) is 0 Å². The predicted molar refractivity (Wildman–Crippen MR) is 99.0 cm³/mol. The number of nitrogens with zero attached hydrogens (tertiary/aromatic N) is 2. The van der Waals surface area contributed by atoms with E-state index in [1.165, 1.54) is 23.0 Å². The van der Waals surface area contributed by atoms with Gasteiger partial charge in [0.15, 0.2) is 5.82 Å². The lowest BCUT2D eigenvalue weighted by molar-refractivity contribution is 0.0510. The van der Waals surface area contributed by atoms with Crippen LogP contribution in [0.25, 0.3) is 5.69 Å². The van der Waals surface area contributed by atoms with E-state index in [1.807, 2.05) is 31.2 Å². The van der Waals surface area contributed by atoms with Crippen LogP contribution in [-0.2, 0) is 4.74 Å². The first-order chi connectivity index (χ1) is 12.5. The van der Waals surface area contributed by atoms with E-state index in [4.69, 9.17) is 16.3 Å². The summed E-state index contributed by atoms with van der Waals surface area (Å²) in [6.45, 7) is 3.83. The number of hydrogen-bond donors (Lipinski definition) is 1. The standard InChI is InChI=1S/C19H17ClFN3O2/c1-3-26-19(25)18-22-8-9-24(18)17-14(21)10-13(20)11-16(17)23-15-7-5-4-6-12(15)2/h4-11,23H,3H2,1-2H3. The maximum Gasteiger partial charge on any atom is 0.374 e. The molecular formula is C19H17ClFN3O2. The lowest BCUT2D eigenvalue weighted by atomic mass is 10.1. The highest BCUT2D eigenvalue weighted by Crippen LogP contribution is 2.32. The van der Waals surface area contributed by atoms with Gasteiger partial charge in [-0.25, -0.2) is 14.2 Å². The topological polar surface area (TPSA) is 56.1 Å². The van der Waals surface area contributed by atoms with E-state index in [1.54, 1.807) is 13.0 Å². The van der Waals surface area contributed by atoms with Crippen LogP contribution in [0.3, 0.4) is 0 Å². The summed E-state index contributed by atoms with van der Waals surface area (Å²) in [5.41, 5.74) is 2.33. The number of hydrogen-bond acceptors (Lipinski definition) is 4. The highest BCUT2D eigenvalue weighted by atomic mass is 35.5. The van der Waals surface area contributed by atoms with Crippen molar-refractivity contribution in [2.45, 2.75) is 13.8 Å². The van der Waals surface area contributed by atoms with E-state index >= 15 is 0 Å². The van der Waals surface area contributed by atoms with Gasteiger partial charge in [-0.1, -0.05) is 29.8 Å². The molecule has 0 bridgehead atoms. The number of imidazole rings is 1. The summed E-state index contributed by atoms with van der Waals surface area (Å²) in [4.78, 5) is 16.1. The molecular weight excluding hydrogens is 357 g/mol. The third-order valence-corrected chi connectivity index (χ3v) is 4.00. The summed E-state index contributed by atoms with van der Waals surface area (Å²) in [7, 11) is 0. The Balaban J connectivity index is 2.13. The number of anilines is 2. The Bertz CT molecular complexity index is 956. The molecule has 7 heteroatoms. The van der Waals surface area contributed by atoms with Crippen LogP contribution in [0.1, 0.15) is 23.1 Å². The summed E-state index contributed by atoms with van der Waals surface area (Å²) in [6.07, 6.45) is 2.92. The average molecular weight is 374 g/mol. The first-order valence-electron chi connectivity index (χ1n) is 8.03. The molecule has 0 unspecified atom stereocenters. The third kappa shape index (κ3) is 3.55. The Kier molecular flexibility index (Phi) is 5.23. The molecule has 0 spiro atoms. The normalized spacial score (nSPS) is 10.6. The fourth-order valence-corrected chi connectivity index (χ4v) is 2.80. The van der Waals surface area contributed by atoms with E-state index in [2.05, 4.69) is 10.3 Å². The largest absolute Gasteiger partial charge is 0.460 e. The fraction of sp³-hybridized carbons (Fsp3) is 0.158. The molecule has 0 saturated heterocycles. The maximum atomic E-state index is 14.8. The summed E-state index contributed by atoms with van der Waals surface area (Å²) in [5.74, 6) is -1.23. The SMILES string of the molecule is CCOC(=O)c1nccn1-c1c(F)cc(Cl)cc1Nc1ccccc1C. The number of halogens is 2. The molecule has 3 rings (SSSR count). The monoisotopic (exact) mass is 373 g/mol. The van der Waals surface area contributed by atoms with Crippen molar-refractivity contribution in [2.75, 3.05) is 11.9 Å². The molecule has 0 amide bonds. The number of ether oxygens (including phenoxy) is 1. The van der Waals surface area contributed by atoms with E-state index in [9.17, 15) is 9.18 Å². The average Bonchev–Trinajstić information content (AvgIpc) is 3.06. The molecule has 0 aliphatic heterocycles. The van der Waals surface area contributed by atoms with Crippen LogP contribution in [0.2, 0.25) is 5.02 Å². The summed E-state index contributed by atoms with van der Waals surface area (Å²) < 4.78 is 21.1. The van der Waals surface area contributed by atoms with Gasteiger partial charge in [-0.2, -0.15) is 0 Å². The molecule has 0 aliphatic carbocycles. The van der Waals surface area contributed by atoms with Gasteiger partial charge in [0, 0.05) is 23.1 Å². The number of carbonyl (C=O) groups is 1. The van der Waals surface area contributed by atoms with Crippen molar-refractivity contribution in [3.05, 3.63) is 71.0 Å². The van der Waals surface area contributed by atoms with Crippen LogP contribution in [0, 0.1) is 12.7 Å².